The number of nitrogens with zero attached hydrogens (tertiary/aromatic N) is 3. The van der Waals surface area contributed by atoms with Crippen molar-refractivity contribution in [1.82, 2.24) is 20.0 Å². The van der Waals surface area contributed by atoms with Crippen LogP contribution in [0.4, 0.5) is 4.39 Å². The highest BCUT2D eigenvalue weighted by Gasteiger charge is 2.33. The van der Waals surface area contributed by atoms with E-state index in [1.807, 2.05) is 24.0 Å². The molecule has 1 atom stereocenters. The molecule has 1 amide bonds. The molecule has 42 heavy (non-hydrogen) atoms. The van der Waals surface area contributed by atoms with E-state index in [9.17, 15) is 9.18 Å². The molecule has 2 fully saturated rings. The van der Waals surface area contributed by atoms with Crippen molar-refractivity contribution in [1.29, 1.82) is 0 Å². The Morgan fingerprint density at radius 2 is 1.90 bits per heavy atom. The third-order valence-electron chi connectivity index (χ3n) is 9.04. The summed E-state index contributed by atoms with van der Waals surface area (Å²) in [5.74, 6) is 0.588. The molecule has 3 aliphatic rings. The Morgan fingerprint density at radius 3 is 2.62 bits per heavy atom. The van der Waals surface area contributed by atoms with Gasteiger partial charge in [0.15, 0.2) is 0 Å². The number of likely N-dealkylation sites (tertiary alicyclic amines) is 1. The van der Waals surface area contributed by atoms with E-state index in [0.29, 0.717) is 50.6 Å². The van der Waals surface area contributed by atoms with Gasteiger partial charge in [0.05, 0.1) is 12.6 Å². The maximum atomic E-state index is 14.5. The summed E-state index contributed by atoms with van der Waals surface area (Å²) in [5.41, 5.74) is 11.2. The number of hydrogen-bond acceptors (Lipinski definition) is 6. The van der Waals surface area contributed by atoms with Crippen LogP contribution in [-0.2, 0) is 17.8 Å². The summed E-state index contributed by atoms with van der Waals surface area (Å²) in [6, 6.07) is 10.8. The zero-order valence-electron chi connectivity index (χ0n) is 24.8. The van der Waals surface area contributed by atoms with Gasteiger partial charge in [-0.15, -0.1) is 0 Å². The third-order valence-corrected chi connectivity index (χ3v) is 9.28. The Hall–Kier alpha value is -2.49. The average molecular weight is 598 g/mol. The molecule has 2 aromatic carbocycles. The average Bonchev–Trinajstić information content (AvgIpc) is 3.02. The first-order valence-corrected chi connectivity index (χ1v) is 15.9. The number of amides is 1. The van der Waals surface area contributed by atoms with Crippen LogP contribution >= 0.6 is 11.6 Å². The Balaban J connectivity index is 1.07. The molecule has 5 rings (SSSR count). The minimum Gasteiger partial charge on any atom is -0.493 e. The normalized spacial score (nSPS) is 19.9. The first-order chi connectivity index (χ1) is 20.4. The van der Waals surface area contributed by atoms with E-state index in [1.54, 1.807) is 6.07 Å². The van der Waals surface area contributed by atoms with Gasteiger partial charge in [0.2, 0.25) is 5.91 Å². The highest BCUT2D eigenvalue weighted by atomic mass is 35.5. The second kappa shape index (κ2) is 14.8. The molecule has 0 aromatic heterocycles. The molecule has 0 spiro atoms. The fourth-order valence-corrected chi connectivity index (χ4v) is 6.70. The Labute approximate surface area is 254 Å². The van der Waals surface area contributed by atoms with Crippen molar-refractivity contribution in [3.63, 3.8) is 0 Å². The van der Waals surface area contributed by atoms with Gasteiger partial charge < -0.3 is 25.6 Å². The second-order valence-electron chi connectivity index (χ2n) is 11.7. The largest absolute Gasteiger partial charge is 0.493 e. The van der Waals surface area contributed by atoms with Crippen LogP contribution in [0.15, 0.2) is 42.5 Å². The molecule has 9 heteroatoms. The van der Waals surface area contributed by atoms with Crippen LogP contribution in [0.25, 0.3) is 5.57 Å². The van der Waals surface area contributed by atoms with Gasteiger partial charge in [-0.3, -0.25) is 9.69 Å². The van der Waals surface area contributed by atoms with Crippen molar-refractivity contribution in [3.8, 4) is 5.75 Å². The number of nitrogens with two attached hydrogens (primary N) is 1. The number of piperazine rings is 1. The van der Waals surface area contributed by atoms with Crippen LogP contribution in [0, 0.1) is 11.7 Å². The molecule has 3 aliphatic heterocycles. The van der Waals surface area contributed by atoms with Gasteiger partial charge in [-0.2, -0.15) is 0 Å². The second-order valence-corrected chi connectivity index (χ2v) is 12.1. The smallest absolute Gasteiger partial charge is 0.239 e. The summed E-state index contributed by atoms with van der Waals surface area (Å²) in [5, 5.41) is 4.18. The van der Waals surface area contributed by atoms with Crippen LogP contribution in [0.2, 0.25) is 5.02 Å². The standard InChI is InChI=1S/C33H45ClFN5O2/c1-2-42-31-5-3-4-30(35)29(31)23-39-18-20-40(21-19-39)33(41)32(36)25-10-15-38(16-11-25)17-12-26-22-27(34)6-7-28(26)24-8-13-37-14-9-24/h3-8,22,25,32,37H,2,9-21,23,36H2,1H3/t32-/m1/s1. The molecular weight excluding hydrogens is 553 g/mol. The van der Waals surface area contributed by atoms with Gasteiger partial charge in [0, 0.05) is 56.4 Å². The van der Waals surface area contributed by atoms with Crippen molar-refractivity contribution in [3.05, 3.63) is 70.0 Å². The molecule has 3 N–H and O–H groups in total. The molecule has 2 aromatic rings. The van der Waals surface area contributed by atoms with Crippen molar-refractivity contribution in [2.75, 3.05) is 65.5 Å². The Morgan fingerprint density at radius 1 is 1.12 bits per heavy atom. The molecule has 3 heterocycles. The highest BCUT2D eigenvalue weighted by molar-refractivity contribution is 6.30. The molecule has 0 aliphatic carbocycles. The van der Waals surface area contributed by atoms with Gasteiger partial charge in [0.1, 0.15) is 11.6 Å². The van der Waals surface area contributed by atoms with E-state index in [-0.39, 0.29) is 17.6 Å². The lowest BCUT2D eigenvalue weighted by atomic mass is 9.88. The van der Waals surface area contributed by atoms with Crippen molar-refractivity contribution >= 4 is 23.1 Å². The van der Waals surface area contributed by atoms with Crippen LogP contribution in [0.5, 0.6) is 5.75 Å². The molecule has 0 unspecified atom stereocenters. The lowest BCUT2D eigenvalue weighted by Gasteiger charge is -2.39. The van der Waals surface area contributed by atoms with Crippen molar-refractivity contribution < 1.29 is 13.9 Å². The maximum absolute atomic E-state index is 14.5. The molecule has 228 valence electrons. The van der Waals surface area contributed by atoms with E-state index in [0.717, 1.165) is 63.4 Å². The number of hydrogen-bond donors (Lipinski definition) is 2. The van der Waals surface area contributed by atoms with Crippen molar-refractivity contribution in [2.45, 2.75) is 45.2 Å². The molecular formula is C33H45ClFN5O2. The topological polar surface area (TPSA) is 74.1 Å². The summed E-state index contributed by atoms with van der Waals surface area (Å²) in [6.45, 7) is 10.3. The number of carbonyl (C=O) groups is 1. The van der Waals surface area contributed by atoms with Gasteiger partial charge in [0.25, 0.3) is 0 Å². The summed E-state index contributed by atoms with van der Waals surface area (Å²) in [7, 11) is 0. The Bertz CT molecular complexity index is 1240. The molecule has 7 nitrogen and oxygen atoms in total. The van der Waals surface area contributed by atoms with Crippen LogP contribution in [0.1, 0.15) is 42.9 Å². The summed E-state index contributed by atoms with van der Waals surface area (Å²) in [6.07, 6.45) is 6.15. The SMILES string of the molecule is CCOc1cccc(F)c1CN1CCN(C(=O)[C@H](N)C2CCN(CCc3cc(Cl)ccc3C3=CCNCC3)CC2)CC1. The first-order valence-electron chi connectivity index (χ1n) is 15.5. The molecule has 2 saturated heterocycles. The monoisotopic (exact) mass is 597 g/mol. The summed E-state index contributed by atoms with van der Waals surface area (Å²) < 4.78 is 20.2. The summed E-state index contributed by atoms with van der Waals surface area (Å²) >= 11 is 6.38. The van der Waals surface area contributed by atoms with Gasteiger partial charge in [-0.05, 0) is 99.1 Å². The Kier molecular flexibility index (Phi) is 10.9. The number of rotatable bonds is 10. The number of piperidine rings is 1. The van der Waals surface area contributed by atoms with E-state index in [1.165, 1.54) is 22.8 Å². The minimum atomic E-state index is -0.471. The van der Waals surface area contributed by atoms with Crippen LogP contribution in [0.3, 0.4) is 0 Å². The number of nitrogens with one attached hydrogen (secondary N) is 1. The van der Waals surface area contributed by atoms with Gasteiger partial charge in [-0.25, -0.2) is 4.39 Å². The van der Waals surface area contributed by atoms with Gasteiger partial charge in [-0.1, -0.05) is 29.8 Å². The first kappa shape index (κ1) is 31.0. The summed E-state index contributed by atoms with van der Waals surface area (Å²) in [4.78, 5) is 19.9. The zero-order valence-corrected chi connectivity index (χ0v) is 25.6. The fraction of sp³-hybridized carbons (Fsp3) is 0.545. The number of carbonyl (C=O) groups excluding carboxylic acids is 1. The van der Waals surface area contributed by atoms with E-state index in [2.05, 4.69) is 33.3 Å². The van der Waals surface area contributed by atoms with Crippen LogP contribution < -0.4 is 15.8 Å². The van der Waals surface area contributed by atoms with E-state index < -0.39 is 6.04 Å². The molecule has 0 saturated carbocycles. The quantitative estimate of drug-likeness (QED) is 0.428. The van der Waals surface area contributed by atoms with E-state index >= 15 is 0 Å². The lowest BCUT2D eigenvalue weighted by Crippen LogP contribution is -2.55. The van der Waals surface area contributed by atoms with Crippen molar-refractivity contribution in [2.24, 2.45) is 11.7 Å². The number of ether oxygens (including phenoxy) is 1. The number of halogens is 2. The molecule has 0 radical (unpaired) electrons. The predicted octanol–water partition coefficient (Wildman–Crippen LogP) is 4.18. The molecule has 0 bridgehead atoms. The third kappa shape index (κ3) is 7.71. The zero-order chi connectivity index (χ0) is 29.5. The number of benzene rings is 2. The maximum Gasteiger partial charge on any atom is 0.239 e. The minimum absolute atomic E-state index is 0.0489. The predicted molar refractivity (Wildman–Crippen MR) is 167 cm³/mol. The van der Waals surface area contributed by atoms with Gasteiger partial charge >= 0.3 is 0 Å². The fourth-order valence-electron chi connectivity index (χ4n) is 6.51. The highest BCUT2D eigenvalue weighted by Crippen LogP contribution is 2.28. The lowest BCUT2D eigenvalue weighted by molar-refractivity contribution is -0.136. The van der Waals surface area contributed by atoms with Crippen LogP contribution in [-0.4, -0.2) is 92.2 Å². The van der Waals surface area contributed by atoms with E-state index in [4.69, 9.17) is 22.1 Å².